The van der Waals surface area contributed by atoms with E-state index >= 15 is 0 Å². The Morgan fingerprint density at radius 3 is 1.39 bits per heavy atom. The van der Waals surface area contributed by atoms with Gasteiger partial charge in [-0.3, -0.25) is 0 Å². The molecule has 0 heterocycles. The molecule has 0 amide bonds. The third kappa shape index (κ3) is 7.24. The lowest BCUT2D eigenvalue weighted by Crippen LogP contribution is -2.16. The summed E-state index contributed by atoms with van der Waals surface area (Å²) < 4.78 is 53.9. The summed E-state index contributed by atoms with van der Waals surface area (Å²) in [4.78, 5) is 2.14. The molecule has 3 aromatic carbocycles. The van der Waals surface area contributed by atoms with Crippen LogP contribution in [0.15, 0.2) is 93.5 Å². The number of ether oxygens (including phenoxy) is 4. The molecule has 0 saturated carbocycles. The first-order chi connectivity index (χ1) is 17.2. The molecule has 3 aromatic rings. The van der Waals surface area contributed by atoms with E-state index in [-0.39, 0.29) is 0 Å². The zero-order valence-electron chi connectivity index (χ0n) is 21.2. The first-order valence-electron chi connectivity index (χ1n) is 11.7. The maximum atomic E-state index is 12.7. The highest BCUT2D eigenvalue weighted by molar-refractivity contribution is 8.33. The molecule has 36 heavy (non-hydrogen) atoms. The molecule has 0 aliphatic heterocycles. The summed E-state index contributed by atoms with van der Waals surface area (Å²) in [5, 5.41) is 0. The Morgan fingerprint density at radius 2 is 1.03 bits per heavy atom. The van der Waals surface area contributed by atoms with Crippen molar-refractivity contribution in [2.24, 2.45) is 0 Å². The van der Waals surface area contributed by atoms with E-state index < -0.39 is 33.0 Å². The lowest BCUT2D eigenvalue weighted by atomic mass is 10.3. The van der Waals surface area contributed by atoms with E-state index in [0.29, 0.717) is 34.5 Å². The molecule has 0 fully saturated rings. The van der Waals surface area contributed by atoms with E-state index in [9.17, 15) is 8.42 Å². The highest BCUT2D eigenvalue weighted by Gasteiger charge is 2.36. The molecule has 2 unspecified atom stereocenters. The van der Waals surface area contributed by atoms with Crippen molar-refractivity contribution in [1.29, 1.82) is 0 Å². The van der Waals surface area contributed by atoms with Crippen LogP contribution in [0.5, 0.6) is 11.5 Å². The minimum Gasteiger partial charge on any atom is -0.465 e. The standard InChI is InChI=1S/C27H34O7S2/c1-6-30-21(3)32-23-13-17-26(18-14-23)36(34-35(5,28)29,25-11-9-8-10-12-25)27-19-15-24(16-20-27)33-22(4)31-7-2/h8-22H,6-7H2,1-5H3. The van der Waals surface area contributed by atoms with Crippen molar-refractivity contribution in [3.8, 4) is 11.5 Å². The van der Waals surface area contributed by atoms with Gasteiger partial charge >= 0.3 is 0 Å². The van der Waals surface area contributed by atoms with Crippen LogP contribution in [-0.4, -0.2) is 40.5 Å². The smallest absolute Gasteiger partial charge is 0.274 e. The van der Waals surface area contributed by atoms with Gasteiger partial charge < -0.3 is 18.9 Å². The number of hydrogen-bond acceptors (Lipinski definition) is 7. The van der Waals surface area contributed by atoms with E-state index in [4.69, 9.17) is 22.6 Å². The normalized spacial score (nSPS) is 15.9. The summed E-state index contributed by atoms with van der Waals surface area (Å²) in [6, 6.07) is 23.9. The quantitative estimate of drug-likeness (QED) is 0.235. The van der Waals surface area contributed by atoms with Gasteiger partial charge in [0.2, 0.25) is 0 Å². The number of hydrogen-bond donors (Lipinski definition) is 0. The molecule has 0 aliphatic carbocycles. The molecule has 0 radical (unpaired) electrons. The topological polar surface area (TPSA) is 80.3 Å². The van der Waals surface area contributed by atoms with E-state index in [2.05, 4.69) is 0 Å². The van der Waals surface area contributed by atoms with Gasteiger partial charge in [-0.25, -0.2) is 3.63 Å². The van der Waals surface area contributed by atoms with Crippen molar-refractivity contribution in [2.75, 3.05) is 19.5 Å². The molecule has 0 bridgehead atoms. The predicted octanol–water partition coefficient (Wildman–Crippen LogP) is 6.38. The van der Waals surface area contributed by atoms with Gasteiger partial charge in [0, 0.05) is 27.9 Å². The fourth-order valence-corrected chi connectivity index (χ4v) is 8.49. The predicted molar refractivity (Wildman–Crippen MR) is 141 cm³/mol. The minimum atomic E-state index is -3.86. The Balaban J connectivity index is 2.11. The van der Waals surface area contributed by atoms with Gasteiger partial charge in [0.25, 0.3) is 10.1 Å². The maximum Gasteiger partial charge on any atom is 0.274 e. The Hall–Kier alpha value is -2.56. The molecule has 0 aliphatic rings. The van der Waals surface area contributed by atoms with Crippen molar-refractivity contribution in [2.45, 2.75) is 55.0 Å². The molecule has 9 heteroatoms. The van der Waals surface area contributed by atoms with Crippen LogP contribution in [0.1, 0.15) is 27.7 Å². The van der Waals surface area contributed by atoms with Crippen LogP contribution in [0.25, 0.3) is 0 Å². The highest BCUT2D eigenvalue weighted by Crippen LogP contribution is 2.70. The Bertz CT molecular complexity index is 1120. The average Bonchev–Trinajstić information content (AvgIpc) is 2.84. The van der Waals surface area contributed by atoms with Crippen LogP contribution in [0.2, 0.25) is 0 Å². The van der Waals surface area contributed by atoms with E-state index in [1.165, 1.54) is 0 Å². The lowest BCUT2D eigenvalue weighted by molar-refractivity contribution is -0.0616. The summed E-state index contributed by atoms with van der Waals surface area (Å²) >= 11 is 0. The van der Waals surface area contributed by atoms with Gasteiger partial charge in [0.15, 0.2) is 12.6 Å². The van der Waals surface area contributed by atoms with E-state index in [0.717, 1.165) is 11.2 Å². The van der Waals surface area contributed by atoms with E-state index in [1.807, 2.05) is 82.3 Å². The summed E-state index contributed by atoms with van der Waals surface area (Å²) in [7, 11) is -6.53. The third-order valence-corrected chi connectivity index (χ3v) is 9.63. The molecular weight excluding hydrogens is 500 g/mol. The van der Waals surface area contributed by atoms with E-state index in [1.54, 1.807) is 24.3 Å². The molecule has 2 atom stereocenters. The summed E-state index contributed by atoms with van der Waals surface area (Å²) in [6.07, 6.45) is 0.247. The molecular formula is C27H34O7S2. The molecule has 0 aromatic heterocycles. The SMILES string of the molecule is CCOC(C)Oc1ccc(S(OS(C)(=O)=O)(c2ccccc2)c2ccc(OC(C)OCC)cc2)cc1. The highest BCUT2D eigenvalue weighted by atomic mass is 32.3. The fourth-order valence-electron chi connectivity index (χ4n) is 3.66. The van der Waals surface area contributed by atoms with Crippen molar-refractivity contribution in [3.63, 3.8) is 0 Å². The molecule has 0 N–H and O–H groups in total. The largest absolute Gasteiger partial charge is 0.465 e. The molecule has 0 saturated heterocycles. The molecule has 196 valence electrons. The third-order valence-electron chi connectivity index (χ3n) is 5.02. The van der Waals surface area contributed by atoms with Crippen molar-refractivity contribution in [3.05, 3.63) is 78.9 Å². The van der Waals surface area contributed by atoms with Crippen LogP contribution in [-0.2, 0) is 23.2 Å². The Labute approximate surface area is 216 Å². The first-order valence-corrected chi connectivity index (χ1v) is 15.1. The average molecular weight is 535 g/mol. The van der Waals surface area contributed by atoms with Gasteiger partial charge in [-0.15, -0.1) is 0 Å². The second-order valence-corrected chi connectivity index (χ2v) is 12.3. The Kier molecular flexibility index (Phi) is 9.81. The van der Waals surface area contributed by atoms with Gasteiger partial charge in [-0.05, 0) is 98.7 Å². The van der Waals surface area contributed by atoms with Crippen molar-refractivity contribution < 1.29 is 31.0 Å². The van der Waals surface area contributed by atoms with Crippen LogP contribution in [0.3, 0.4) is 0 Å². The maximum absolute atomic E-state index is 12.7. The molecule has 7 nitrogen and oxygen atoms in total. The zero-order chi connectivity index (χ0) is 26.2. The summed E-state index contributed by atoms with van der Waals surface area (Å²) in [5.41, 5.74) is 0. The fraction of sp³-hybridized carbons (Fsp3) is 0.333. The second-order valence-electron chi connectivity index (χ2n) is 7.87. The molecule has 0 spiro atoms. The summed E-state index contributed by atoms with van der Waals surface area (Å²) in [5.74, 6) is 1.21. The summed E-state index contributed by atoms with van der Waals surface area (Å²) in [6.45, 7) is 8.50. The lowest BCUT2D eigenvalue weighted by Gasteiger charge is -2.39. The van der Waals surface area contributed by atoms with Crippen LogP contribution < -0.4 is 9.47 Å². The van der Waals surface area contributed by atoms with Crippen molar-refractivity contribution >= 4 is 20.4 Å². The number of benzene rings is 3. The monoisotopic (exact) mass is 534 g/mol. The van der Waals surface area contributed by atoms with Crippen LogP contribution >= 0.6 is 10.3 Å². The minimum absolute atomic E-state index is 0.411. The second kappa shape index (κ2) is 12.6. The van der Waals surface area contributed by atoms with Gasteiger partial charge in [-0.2, -0.15) is 8.42 Å². The molecule has 3 rings (SSSR count). The zero-order valence-corrected chi connectivity index (χ0v) is 22.9. The van der Waals surface area contributed by atoms with Gasteiger partial charge in [0.05, 0.1) is 6.26 Å². The number of rotatable bonds is 13. The first kappa shape index (κ1) is 28.0. The van der Waals surface area contributed by atoms with Crippen LogP contribution in [0, 0.1) is 0 Å². The van der Waals surface area contributed by atoms with Crippen LogP contribution in [0.4, 0.5) is 0 Å². The van der Waals surface area contributed by atoms with Gasteiger partial charge in [0.1, 0.15) is 11.5 Å². The van der Waals surface area contributed by atoms with Crippen molar-refractivity contribution in [1.82, 2.24) is 0 Å². The van der Waals surface area contributed by atoms with Gasteiger partial charge in [-0.1, -0.05) is 18.2 Å². The Morgan fingerprint density at radius 1 is 0.639 bits per heavy atom.